The Hall–Kier alpha value is -3.10. The average molecular weight is 381 g/mol. The number of hydrogen-bond donors (Lipinski definition) is 2. The number of rotatable bonds is 7. The number of hydrogen-bond acceptors (Lipinski definition) is 1. The van der Waals surface area contributed by atoms with Gasteiger partial charge in [0.05, 0.1) is 11.7 Å². The molecular weight excluding hydrogens is 352 g/mol. The highest BCUT2D eigenvalue weighted by atomic mass is 14.9. The molecule has 1 unspecified atom stereocenters. The first-order valence-electron chi connectivity index (χ1n) is 10.4. The van der Waals surface area contributed by atoms with Crippen LogP contribution >= 0.6 is 0 Å². The Balaban J connectivity index is 1.88. The fraction of sp³-hybridized carbons (Fsp3) is 0.185. The maximum Gasteiger partial charge on any atom is 0.0606 e. The molecule has 4 rings (SSSR count). The molecule has 2 nitrogen and oxygen atoms in total. The van der Waals surface area contributed by atoms with Gasteiger partial charge in [0, 0.05) is 23.0 Å². The van der Waals surface area contributed by atoms with Gasteiger partial charge in [-0.3, -0.25) is 0 Å². The molecule has 0 bridgehead atoms. The molecule has 3 aromatic carbocycles. The number of fused-ring (bicyclic) bond motifs is 1. The van der Waals surface area contributed by atoms with Gasteiger partial charge in [0.15, 0.2) is 0 Å². The van der Waals surface area contributed by atoms with E-state index in [-0.39, 0.29) is 6.04 Å². The van der Waals surface area contributed by atoms with E-state index in [0.717, 1.165) is 13.0 Å². The third-order valence-corrected chi connectivity index (χ3v) is 5.35. The molecule has 146 valence electrons. The van der Waals surface area contributed by atoms with Gasteiger partial charge in [-0.15, -0.1) is 0 Å². The van der Waals surface area contributed by atoms with Crippen molar-refractivity contribution < 1.29 is 0 Å². The zero-order valence-corrected chi connectivity index (χ0v) is 17.2. The standard InChI is InChI=1S/C27H28N2/c1-3-4-10-19-28-26(22-17-15-20(2)16-18-22)25-23-13-8-9-14-24(23)29-27(25)21-11-6-5-7-12-21/h4-18,26,28-29H,3,19H2,1-2H3/b10-4+. The molecular formula is C27H28N2. The van der Waals surface area contributed by atoms with Crippen molar-refractivity contribution >= 4 is 10.9 Å². The van der Waals surface area contributed by atoms with Crippen LogP contribution in [0, 0.1) is 6.92 Å². The van der Waals surface area contributed by atoms with Crippen molar-refractivity contribution in [3.05, 3.63) is 108 Å². The Morgan fingerprint density at radius 3 is 2.34 bits per heavy atom. The second kappa shape index (κ2) is 8.93. The summed E-state index contributed by atoms with van der Waals surface area (Å²) in [4.78, 5) is 3.69. The highest BCUT2D eigenvalue weighted by Crippen LogP contribution is 2.37. The monoisotopic (exact) mass is 380 g/mol. The largest absolute Gasteiger partial charge is 0.354 e. The Labute approximate surface area is 173 Å². The zero-order valence-electron chi connectivity index (χ0n) is 17.2. The van der Waals surface area contributed by atoms with E-state index in [1.165, 1.54) is 38.9 Å². The number of aryl methyl sites for hydroxylation is 1. The molecule has 1 heterocycles. The minimum absolute atomic E-state index is 0.100. The van der Waals surface area contributed by atoms with E-state index in [2.05, 4.69) is 115 Å². The van der Waals surface area contributed by atoms with Gasteiger partial charge in [0.25, 0.3) is 0 Å². The van der Waals surface area contributed by atoms with Crippen molar-refractivity contribution in [3.63, 3.8) is 0 Å². The molecule has 0 aliphatic carbocycles. The van der Waals surface area contributed by atoms with Gasteiger partial charge in [-0.1, -0.05) is 97.4 Å². The summed E-state index contributed by atoms with van der Waals surface area (Å²) < 4.78 is 0. The first kappa shape index (κ1) is 19.2. The Morgan fingerprint density at radius 1 is 0.862 bits per heavy atom. The van der Waals surface area contributed by atoms with Crippen LogP contribution in [-0.4, -0.2) is 11.5 Å². The summed E-state index contributed by atoms with van der Waals surface area (Å²) in [6.45, 7) is 5.14. The van der Waals surface area contributed by atoms with E-state index in [1.54, 1.807) is 0 Å². The van der Waals surface area contributed by atoms with Crippen molar-refractivity contribution in [2.24, 2.45) is 0 Å². The number of benzene rings is 3. The number of aromatic nitrogens is 1. The lowest BCUT2D eigenvalue weighted by molar-refractivity contribution is 0.657. The van der Waals surface area contributed by atoms with Crippen molar-refractivity contribution in [2.45, 2.75) is 26.3 Å². The van der Waals surface area contributed by atoms with Crippen LogP contribution in [0.2, 0.25) is 0 Å². The van der Waals surface area contributed by atoms with Crippen LogP contribution in [0.3, 0.4) is 0 Å². The van der Waals surface area contributed by atoms with Gasteiger partial charge >= 0.3 is 0 Å². The lowest BCUT2D eigenvalue weighted by Gasteiger charge is -2.21. The summed E-state index contributed by atoms with van der Waals surface area (Å²) in [5, 5.41) is 5.06. The summed E-state index contributed by atoms with van der Waals surface area (Å²) in [5.41, 5.74) is 7.43. The fourth-order valence-corrected chi connectivity index (χ4v) is 3.88. The predicted octanol–water partition coefficient (Wildman–Crippen LogP) is 6.79. The molecule has 2 heteroatoms. The quantitative estimate of drug-likeness (QED) is 0.339. The third-order valence-electron chi connectivity index (χ3n) is 5.35. The molecule has 0 saturated heterocycles. The average Bonchev–Trinajstić information content (AvgIpc) is 3.15. The molecule has 2 N–H and O–H groups in total. The first-order chi connectivity index (χ1) is 14.3. The van der Waals surface area contributed by atoms with Crippen molar-refractivity contribution in [1.29, 1.82) is 0 Å². The van der Waals surface area contributed by atoms with E-state index < -0.39 is 0 Å². The van der Waals surface area contributed by atoms with E-state index >= 15 is 0 Å². The Morgan fingerprint density at radius 2 is 1.59 bits per heavy atom. The highest BCUT2D eigenvalue weighted by Gasteiger charge is 2.22. The summed E-state index contributed by atoms with van der Waals surface area (Å²) in [6.07, 6.45) is 5.49. The summed E-state index contributed by atoms with van der Waals surface area (Å²) in [5.74, 6) is 0. The molecule has 0 aliphatic rings. The second-order valence-electron chi connectivity index (χ2n) is 7.46. The molecule has 0 fully saturated rings. The number of aromatic amines is 1. The van der Waals surface area contributed by atoms with Gasteiger partial charge in [0.2, 0.25) is 0 Å². The molecule has 1 atom stereocenters. The minimum atomic E-state index is 0.100. The van der Waals surface area contributed by atoms with Gasteiger partial charge in [-0.05, 0) is 30.5 Å². The fourth-order valence-electron chi connectivity index (χ4n) is 3.88. The lowest BCUT2D eigenvalue weighted by Crippen LogP contribution is -2.23. The molecule has 0 saturated carbocycles. The Bertz CT molecular complexity index is 1090. The molecule has 0 radical (unpaired) electrons. The molecule has 1 aromatic heterocycles. The van der Waals surface area contributed by atoms with Gasteiger partial charge in [0.1, 0.15) is 0 Å². The summed E-state index contributed by atoms with van der Waals surface area (Å²) in [7, 11) is 0. The number of para-hydroxylation sites is 1. The predicted molar refractivity (Wildman–Crippen MR) is 124 cm³/mol. The van der Waals surface area contributed by atoms with E-state index in [9.17, 15) is 0 Å². The highest BCUT2D eigenvalue weighted by molar-refractivity contribution is 5.91. The van der Waals surface area contributed by atoms with Gasteiger partial charge in [-0.2, -0.15) is 0 Å². The second-order valence-corrected chi connectivity index (χ2v) is 7.46. The molecule has 4 aromatic rings. The van der Waals surface area contributed by atoms with Gasteiger partial charge in [-0.25, -0.2) is 0 Å². The summed E-state index contributed by atoms with van der Waals surface area (Å²) in [6, 6.07) is 28.2. The topological polar surface area (TPSA) is 27.8 Å². The lowest BCUT2D eigenvalue weighted by atomic mass is 9.93. The van der Waals surface area contributed by atoms with Crippen LogP contribution in [-0.2, 0) is 0 Å². The van der Waals surface area contributed by atoms with Crippen LogP contribution in [0.1, 0.15) is 36.1 Å². The SMILES string of the molecule is CC/C=C/CNC(c1ccc(C)cc1)c1c(-c2ccccc2)[nH]c2ccccc12. The van der Waals surface area contributed by atoms with Gasteiger partial charge < -0.3 is 10.3 Å². The van der Waals surface area contributed by atoms with Crippen molar-refractivity contribution in [2.75, 3.05) is 6.54 Å². The summed E-state index contributed by atoms with van der Waals surface area (Å²) >= 11 is 0. The van der Waals surface area contributed by atoms with Crippen LogP contribution < -0.4 is 5.32 Å². The van der Waals surface area contributed by atoms with Crippen LogP contribution in [0.25, 0.3) is 22.2 Å². The minimum Gasteiger partial charge on any atom is -0.354 e. The molecule has 0 aliphatic heterocycles. The normalized spacial score (nSPS) is 12.6. The van der Waals surface area contributed by atoms with E-state index in [0.29, 0.717) is 0 Å². The number of allylic oxidation sites excluding steroid dienone is 1. The van der Waals surface area contributed by atoms with Crippen LogP contribution in [0.5, 0.6) is 0 Å². The van der Waals surface area contributed by atoms with Crippen LogP contribution in [0.4, 0.5) is 0 Å². The number of nitrogens with one attached hydrogen (secondary N) is 2. The maximum absolute atomic E-state index is 3.79. The van der Waals surface area contributed by atoms with Crippen LogP contribution in [0.15, 0.2) is 91.0 Å². The number of H-pyrrole nitrogens is 1. The molecule has 0 spiro atoms. The maximum atomic E-state index is 3.79. The molecule has 0 amide bonds. The molecule has 29 heavy (non-hydrogen) atoms. The third kappa shape index (κ3) is 4.18. The van der Waals surface area contributed by atoms with Crippen molar-refractivity contribution in [3.8, 4) is 11.3 Å². The first-order valence-corrected chi connectivity index (χ1v) is 10.4. The van der Waals surface area contributed by atoms with E-state index in [4.69, 9.17) is 0 Å². The zero-order chi connectivity index (χ0) is 20.1. The Kier molecular flexibility index (Phi) is 5.92. The van der Waals surface area contributed by atoms with Crippen molar-refractivity contribution in [1.82, 2.24) is 10.3 Å². The smallest absolute Gasteiger partial charge is 0.0606 e. The van der Waals surface area contributed by atoms with E-state index in [1.807, 2.05) is 0 Å².